The first-order valence-corrected chi connectivity index (χ1v) is 9.61. The standard InChI is InChI=1S/C20H23FN6O/c1-14-10-12-26(13-11-14)19-7-6-17-23-24-18(27(17)25-19)8-9-20(28)22-16-5-3-2-4-15(16)21/h2-7,14H,8-13H2,1H3,(H,22,28). The first kappa shape index (κ1) is 18.3. The number of hydrogen-bond acceptors (Lipinski definition) is 5. The molecule has 1 aliphatic heterocycles. The molecule has 4 rings (SSSR count). The predicted molar refractivity (Wildman–Crippen MR) is 105 cm³/mol. The zero-order valence-corrected chi connectivity index (χ0v) is 15.8. The van der Waals surface area contributed by atoms with E-state index >= 15 is 0 Å². The van der Waals surface area contributed by atoms with Crippen molar-refractivity contribution in [3.63, 3.8) is 0 Å². The average Bonchev–Trinajstić information content (AvgIpc) is 3.11. The van der Waals surface area contributed by atoms with Gasteiger partial charge in [-0.05, 0) is 43.0 Å². The van der Waals surface area contributed by atoms with Crippen molar-refractivity contribution in [3.8, 4) is 0 Å². The summed E-state index contributed by atoms with van der Waals surface area (Å²) in [6.45, 7) is 4.25. The average molecular weight is 382 g/mol. The number of piperidine rings is 1. The van der Waals surface area contributed by atoms with E-state index in [9.17, 15) is 9.18 Å². The van der Waals surface area contributed by atoms with E-state index in [0.717, 1.165) is 37.7 Å². The molecule has 28 heavy (non-hydrogen) atoms. The van der Waals surface area contributed by atoms with Crippen LogP contribution in [-0.2, 0) is 11.2 Å². The smallest absolute Gasteiger partial charge is 0.224 e. The number of carbonyl (C=O) groups excluding carboxylic acids is 1. The molecule has 0 bridgehead atoms. The number of nitrogens with zero attached hydrogens (tertiary/aromatic N) is 5. The van der Waals surface area contributed by atoms with E-state index in [2.05, 4.69) is 32.4 Å². The Bertz CT molecular complexity index is 980. The Morgan fingerprint density at radius 2 is 1.96 bits per heavy atom. The largest absolute Gasteiger partial charge is 0.355 e. The third-order valence-corrected chi connectivity index (χ3v) is 5.14. The lowest BCUT2D eigenvalue weighted by Gasteiger charge is -2.30. The second kappa shape index (κ2) is 7.92. The third kappa shape index (κ3) is 3.95. The second-order valence-corrected chi connectivity index (χ2v) is 7.28. The molecule has 8 heteroatoms. The van der Waals surface area contributed by atoms with E-state index in [1.54, 1.807) is 16.6 Å². The van der Waals surface area contributed by atoms with Crippen LogP contribution in [-0.4, -0.2) is 38.8 Å². The molecule has 2 aromatic heterocycles. The highest BCUT2D eigenvalue weighted by Gasteiger charge is 2.18. The molecule has 0 aliphatic carbocycles. The van der Waals surface area contributed by atoms with E-state index in [1.165, 1.54) is 12.1 Å². The maximum atomic E-state index is 13.7. The zero-order valence-electron chi connectivity index (χ0n) is 15.8. The van der Waals surface area contributed by atoms with Crippen LogP contribution in [0.5, 0.6) is 0 Å². The van der Waals surface area contributed by atoms with Gasteiger partial charge in [-0.25, -0.2) is 4.39 Å². The first-order valence-electron chi connectivity index (χ1n) is 9.61. The van der Waals surface area contributed by atoms with Gasteiger partial charge in [0.15, 0.2) is 11.5 Å². The van der Waals surface area contributed by atoms with Crippen LogP contribution in [0.3, 0.4) is 0 Å². The highest BCUT2D eigenvalue weighted by molar-refractivity contribution is 5.90. The number of carbonyl (C=O) groups is 1. The van der Waals surface area contributed by atoms with Crippen LogP contribution in [0.2, 0.25) is 0 Å². The zero-order chi connectivity index (χ0) is 19.5. The second-order valence-electron chi connectivity index (χ2n) is 7.28. The van der Waals surface area contributed by atoms with Crippen LogP contribution in [0, 0.1) is 11.7 Å². The number of halogens is 1. The fourth-order valence-electron chi connectivity index (χ4n) is 3.39. The van der Waals surface area contributed by atoms with Gasteiger partial charge in [-0.1, -0.05) is 19.1 Å². The van der Waals surface area contributed by atoms with Crippen LogP contribution in [0.1, 0.15) is 32.0 Å². The lowest BCUT2D eigenvalue weighted by Crippen LogP contribution is -2.33. The predicted octanol–water partition coefficient (Wildman–Crippen LogP) is 3.07. The third-order valence-electron chi connectivity index (χ3n) is 5.14. The summed E-state index contributed by atoms with van der Waals surface area (Å²) < 4.78 is 15.4. The van der Waals surface area contributed by atoms with Gasteiger partial charge >= 0.3 is 0 Å². The monoisotopic (exact) mass is 382 g/mol. The number of amides is 1. The Morgan fingerprint density at radius 3 is 2.75 bits per heavy atom. The van der Waals surface area contributed by atoms with Crippen molar-refractivity contribution in [3.05, 3.63) is 48.0 Å². The molecule has 146 valence electrons. The van der Waals surface area contributed by atoms with Gasteiger partial charge in [0.05, 0.1) is 5.69 Å². The minimum Gasteiger partial charge on any atom is -0.355 e. The van der Waals surface area contributed by atoms with Crippen molar-refractivity contribution in [1.82, 2.24) is 19.8 Å². The van der Waals surface area contributed by atoms with Crippen LogP contribution < -0.4 is 10.2 Å². The Hall–Kier alpha value is -3.03. The molecule has 1 saturated heterocycles. The van der Waals surface area contributed by atoms with Crippen molar-refractivity contribution >= 4 is 23.1 Å². The van der Waals surface area contributed by atoms with Gasteiger partial charge in [0.2, 0.25) is 5.91 Å². The number of anilines is 2. The minimum absolute atomic E-state index is 0.169. The first-order chi connectivity index (χ1) is 13.6. The van der Waals surface area contributed by atoms with Crippen LogP contribution >= 0.6 is 0 Å². The SMILES string of the molecule is CC1CCN(c2ccc3nnc(CCC(=O)Nc4ccccc4F)n3n2)CC1. The van der Waals surface area contributed by atoms with E-state index in [0.29, 0.717) is 17.9 Å². The normalized spacial score (nSPS) is 15.1. The summed E-state index contributed by atoms with van der Waals surface area (Å²) in [5.41, 5.74) is 0.831. The molecule has 0 atom stereocenters. The number of rotatable bonds is 5. The van der Waals surface area contributed by atoms with Crippen LogP contribution in [0.25, 0.3) is 5.65 Å². The summed E-state index contributed by atoms with van der Waals surface area (Å²) in [5, 5.41) is 15.6. The Morgan fingerprint density at radius 1 is 1.18 bits per heavy atom. The minimum atomic E-state index is -0.453. The quantitative estimate of drug-likeness (QED) is 0.734. The molecule has 0 radical (unpaired) electrons. The number of fused-ring (bicyclic) bond motifs is 1. The number of nitrogens with one attached hydrogen (secondary N) is 1. The Kier molecular flexibility index (Phi) is 5.18. The number of benzene rings is 1. The summed E-state index contributed by atoms with van der Waals surface area (Å²) in [6.07, 6.45) is 2.85. The van der Waals surface area contributed by atoms with Crippen molar-refractivity contribution in [2.24, 2.45) is 5.92 Å². The van der Waals surface area contributed by atoms with E-state index in [-0.39, 0.29) is 18.0 Å². The van der Waals surface area contributed by atoms with Crippen molar-refractivity contribution < 1.29 is 9.18 Å². The molecular formula is C20H23FN6O. The lowest BCUT2D eigenvalue weighted by atomic mass is 9.99. The molecule has 1 amide bonds. The maximum absolute atomic E-state index is 13.7. The number of aryl methyl sites for hydroxylation is 1. The number of para-hydroxylation sites is 1. The maximum Gasteiger partial charge on any atom is 0.224 e. The Balaban J connectivity index is 1.44. The fraction of sp³-hybridized carbons (Fsp3) is 0.400. The summed E-state index contributed by atoms with van der Waals surface area (Å²) in [6, 6.07) is 9.98. The van der Waals surface area contributed by atoms with Crippen molar-refractivity contribution in [2.75, 3.05) is 23.3 Å². The molecule has 1 aliphatic rings. The van der Waals surface area contributed by atoms with E-state index in [1.807, 2.05) is 12.1 Å². The van der Waals surface area contributed by atoms with Crippen LogP contribution in [0.15, 0.2) is 36.4 Å². The fourth-order valence-corrected chi connectivity index (χ4v) is 3.39. The number of aromatic nitrogens is 4. The van der Waals surface area contributed by atoms with E-state index in [4.69, 9.17) is 0 Å². The molecule has 7 nitrogen and oxygen atoms in total. The molecule has 3 aromatic rings. The summed E-state index contributed by atoms with van der Waals surface area (Å²) in [4.78, 5) is 14.4. The molecule has 0 spiro atoms. The van der Waals surface area contributed by atoms with Crippen molar-refractivity contribution in [2.45, 2.75) is 32.6 Å². The lowest BCUT2D eigenvalue weighted by molar-refractivity contribution is -0.116. The molecule has 1 fully saturated rings. The highest BCUT2D eigenvalue weighted by Crippen LogP contribution is 2.21. The van der Waals surface area contributed by atoms with Gasteiger partial charge in [0.25, 0.3) is 0 Å². The summed E-state index contributed by atoms with van der Waals surface area (Å²) in [7, 11) is 0. The van der Waals surface area contributed by atoms with Crippen LogP contribution in [0.4, 0.5) is 15.9 Å². The summed E-state index contributed by atoms with van der Waals surface area (Å²) in [5.74, 6) is 1.54. The topological polar surface area (TPSA) is 75.4 Å². The molecular weight excluding hydrogens is 359 g/mol. The molecule has 0 unspecified atom stereocenters. The van der Waals surface area contributed by atoms with E-state index < -0.39 is 5.82 Å². The van der Waals surface area contributed by atoms with Gasteiger partial charge < -0.3 is 10.2 Å². The van der Waals surface area contributed by atoms with Gasteiger partial charge in [-0.3, -0.25) is 4.79 Å². The van der Waals surface area contributed by atoms with Gasteiger partial charge in [0.1, 0.15) is 11.6 Å². The molecule has 1 N–H and O–H groups in total. The molecule has 1 aromatic carbocycles. The van der Waals surface area contributed by atoms with Crippen molar-refractivity contribution in [1.29, 1.82) is 0 Å². The summed E-state index contributed by atoms with van der Waals surface area (Å²) >= 11 is 0. The highest BCUT2D eigenvalue weighted by atomic mass is 19.1. The number of hydrogen-bond donors (Lipinski definition) is 1. The molecule has 0 saturated carbocycles. The van der Waals surface area contributed by atoms with Gasteiger partial charge in [-0.2, -0.15) is 4.52 Å². The Labute approximate surface area is 162 Å². The molecule has 3 heterocycles. The van der Waals surface area contributed by atoms with Gasteiger partial charge in [0, 0.05) is 25.9 Å². The van der Waals surface area contributed by atoms with Gasteiger partial charge in [-0.15, -0.1) is 15.3 Å².